The van der Waals surface area contributed by atoms with E-state index in [0.717, 1.165) is 26.1 Å². The Morgan fingerprint density at radius 1 is 1.06 bits per heavy atom. The Bertz CT molecular complexity index is 237. The molecule has 1 unspecified atom stereocenters. The van der Waals surface area contributed by atoms with Crippen molar-refractivity contribution < 1.29 is 10.2 Å². The van der Waals surface area contributed by atoms with E-state index in [-0.39, 0.29) is 5.41 Å². The minimum Gasteiger partial charge on any atom is -0.396 e. The second kappa shape index (κ2) is 6.88. The molecule has 0 bridgehead atoms. The maximum absolute atomic E-state index is 9.83. The van der Waals surface area contributed by atoms with Crippen LogP contribution in [0.4, 0.5) is 0 Å². The highest BCUT2D eigenvalue weighted by molar-refractivity contribution is 4.87. The third-order valence-corrected chi connectivity index (χ3v) is 4.97. The number of aliphatic hydroxyl groups is 2. The molecule has 2 fully saturated rings. The molecule has 106 valence electrons. The number of likely N-dealkylation sites (tertiary alicyclic amines) is 1. The van der Waals surface area contributed by atoms with Gasteiger partial charge in [-0.25, -0.2) is 0 Å². The molecule has 0 aromatic carbocycles. The highest BCUT2D eigenvalue weighted by Gasteiger charge is 2.34. The summed E-state index contributed by atoms with van der Waals surface area (Å²) < 4.78 is 0. The van der Waals surface area contributed by atoms with E-state index in [1.807, 2.05) is 0 Å². The van der Waals surface area contributed by atoms with Gasteiger partial charge in [0.15, 0.2) is 0 Å². The predicted octanol–water partition coefficient (Wildman–Crippen LogP) is 2.02. The molecule has 1 saturated carbocycles. The van der Waals surface area contributed by atoms with Gasteiger partial charge in [0, 0.05) is 31.7 Å². The van der Waals surface area contributed by atoms with Crippen LogP contribution in [0.5, 0.6) is 0 Å². The first-order valence-electron chi connectivity index (χ1n) is 7.72. The highest BCUT2D eigenvalue weighted by Crippen LogP contribution is 2.36. The summed E-state index contributed by atoms with van der Waals surface area (Å²) in [5.41, 5.74) is 0.171. The second-order valence-electron chi connectivity index (χ2n) is 6.47. The normalized spacial score (nSPS) is 29.3. The van der Waals surface area contributed by atoms with E-state index in [1.54, 1.807) is 0 Å². The van der Waals surface area contributed by atoms with Gasteiger partial charge in [-0.1, -0.05) is 25.7 Å². The topological polar surface area (TPSA) is 43.7 Å². The van der Waals surface area contributed by atoms with Gasteiger partial charge in [0.25, 0.3) is 0 Å². The summed E-state index contributed by atoms with van der Waals surface area (Å²) in [6, 6.07) is 0. The molecule has 0 amide bonds. The second-order valence-corrected chi connectivity index (χ2v) is 6.47. The number of nitrogens with zero attached hydrogens (tertiary/aromatic N) is 1. The van der Waals surface area contributed by atoms with Gasteiger partial charge in [-0.05, 0) is 38.1 Å². The third kappa shape index (κ3) is 3.69. The van der Waals surface area contributed by atoms with E-state index in [9.17, 15) is 5.11 Å². The molecular formula is C15H29NO2. The Balaban J connectivity index is 1.86. The molecule has 0 radical (unpaired) electrons. The van der Waals surface area contributed by atoms with E-state index in [2.05, 4.69) is 4.90 Å². The summed E-state index contributed by atoms with van der Waals surface area (Å²) in [6.45, 7) is 4.04. The van der Waals surface area contributed by atoms with Crippen molar-refractivity contribution in [3.63, 3.8) is 0 Å². The fourth-order valence-corrected chi connectivity index (χ4v) is 3.79. The lowest BCUT2D eigenvalue weighted by molar-refractivity contribution is 0.0663. The van der Waals surface area contributed by atoms with Gasteiger partial charge in [-0.2, -0.15) is 0 Å². The van der Waals surface area contributed by atoms with E-state index < -0.39 is 0 Å². The van der Waals surface area contributed by atoms with Crippen molar-refractivity contribution in [1.29, 1.82) is 0 Å². The van der Waals surface area contributed by atoms with Gasteiger partial charge >= 0.3 is 0 Å². The largest absolute Gasteiger partial charge is 0.396 e. The number of hydrogen-bond donors (Lipinski definition) is 2. The zero-order valence-corrected chi connectivity index (χ0v) is 11.6. The summed E-state index contributed by atoms with van der Waals surface area (Å²) in [5, 5.41) is 18.8. The fraction of sp³-hybridized carbons (Fsp3) is 1.00. The minimum atomic E-state index is 0.171. The molecule has 3 heteroatoms. The minimum absolute atomic E-state index is 0.171. The first-order chi connectivity index (χ1) is 8.78. The molecule has 3 nitrogen and oxygen atoms in total. The lowest BCUT2D eigenvalue weighted by atomic mass is 9.80. The maximum Gasteiger partial charge on any atom is 0.0499 e. The van der Waals surface area contributed by atoms with Gasteiger partial charge in [-0.3, -0.25) is 0 Å². The van der Waals surface area contributed by atoms with E-state index in [0.29, 0.717) is 19.1 Å². The van der Waals surface area contributed by atoms with Gasteiger partial charge in [0.05, 0.1) is 0 Å². The van der Waals surface area contributed by atoms with Crippen LogP contribution in [0.25, 0.3) is 0 Å². The fourth-order valence-electron chi connectivity index (χ4n) is 3.79. The Morgan fingerprint density at radius 2 is 1.78 bits per heavy atom. The Hall–Kier alpha value is -0.120. The van der Waals surface area contributed by atoms with Crippen molar-refractivity contribution in [2.75, 3.05) is 32.8 Å². The van der Waals surface area contributed by atoms with E-state index >= 15 is 0 Å². The van der Waals surface area contributed by atoms with Crippen LogP contribution >= 0.6 is 0 Å². The monoisotopic (exact) mass is 255 g/mol. The third-order valence-electron chi connectivity index (χ3n) is 4.97. The highest BCUT2D eigenvalue weighted by atomic mass is 16.3. The molecule has 1 atom stereocenters. The van der Waals surface area contributed by atoms with Gasteiger partial charge in [0.2, 0.25) is 0 Å². The lowest BCUT2D eigenvalue weighted by Crippen LogP contribution is -2.39. The van der Waals surface area contributed by atoms with Crippen LogP contribution in [0.2, 0.25) is 0 Å². The standard InChI is InChI=1S/C15H29NO2/c17-10-6-14-5-9-16(11-14)12-15(13-18)7-3-1-2-4-8-15/h14,17-18H,1-13H2. The smallest absolute Gasteiger partial charge is 0.0499 e. The molecule has 2 N–H and O–H groups in total. The number of hydrogen-bond acceptors (Lipinski definition) is 3. The van der Waals surface area contributed by atoms with E-state index in [1.165, 1.54) is 44.9 Å². The van der Waals surface area contributed by atoms with Crippen LogP contribution in [0, 0.1) is 11.3 Å². The summed E-state index contributed by atoms with van der Waals surface area (Å²) >= 11 is 0. The predicted molar refractivity (Wildman–Crippen MR) is 73.5 cm³/mol. The average molecular weight is 255 g/mol. The van der Waals surface area contributed by atoms with Crippen molar-refractivity contribution in [3.05, 3.63) is 0 Å². The molecule has 1 aliphatic carbocycles. The van der Waals surface area contributed by atoms with Crippen molar-refractivity contribution in [1.82, 2.24) is 4.90 Å². The Kier molecular flexibility index (Phi) is 5.46. The van der Waals surface area contributed by atoms with Crippen LogP contribution in [-0.2, 0) is 0 Å². The number of rotatable bonds is 5. The quantitative estimate of drug-likeness (QED) is 0.739. The van der Waals surface area contributed by atoms with Gasteiger partial charge < -0.3 is 15.1 Å². The molecular weight excluding hydrogens is 226 g/mol. The van der Waals surface area contributed by atoms with Crippen LogP contribution in [0.3, 0.4) is 0 Å². The van der Waals surface area contributed by atoms with Crippen molar-refractivity contribution in [2.24, 2.45) is 11.3 Å². The summed E-state index contributed by atoms with van der Waals surface area (Å²) in [7, 11) is 0. The molecule has 18 heavy (non-hydrogen) atoms. The molecule has 1 saturated heterocycles. The first-order valence-corrected chi connectivity index (χ1v) is 7.72. The van der Waals surface area contributed by atoms with Crippen LogP contribution in [0.1, 0.15) is 51.4 Å². The zero-order valence-electron chi connectivity index (χ0n) is 11.6. The van der Waals surface area contributed by atoms with Crippen molar-refractivity contribution in [2.45, 2.75) is 51.4 Å². The number of aliphatic hydroxyl groups excluding tert-OH is 2. The molecule has 0 spiro atoms. The van der Waals surface area contributed by atoms with Crippen molar-refractivity contribution in [3.8, 4) is 0 Å². The van der Waals surface area contributed by atoms with Gasteiger partial charge in [-0.15, -0.1) is 0 Å². The lowest BCUT2D eigenvalue weighted by Gasteiger charge is -2.35. The Morgan fingerprint density at radius 3 is 2.39 bits per heavy atom. The Labute approximate surface area is 111 Å². The zero-order chi connectivity index (χ0) is 12.8. The molecule has 2 rings (SSSR count). The summed E-state index contributed by atoms with van der Waals surface area (Å²) in [4.78, 5) is 2.53. The molecule has 1 heterocycles. The van der Waals surface area contributed by atoms with Crippen molar-refractivity contribution >= 4 is 0 Å². The SMILES string of the molecule is OCCC1CCN(CC2(CO)CCCCCC2)C1. The van der Waals surface area contributed by atoms with Crippen LogP contribution < -0.4 is 0 Å². The molecule has 1 aliphatic heterocycles. The average Bonchev–Trinajstić information content (AvgIpc) is 2.67. The first kappa shape index (κ1) is 14.3. The summed E-state index contributed by atoms with van der Waals surface area (Å²) in [5.74, 6) is 0.677. The maximum atomic E-state index is 9.83. The van der Waals surface area contributed by atoms with Crippen LogP contribution in [-0.4, -0.2) is 48.0 Å². The van der Waals surface area contributed by atoms with Crippen LogP contribution in [0.15, 0.2) is 0 Å². The summed E-state index contributed by atoms with van der Waals surface area (Å²) in [6.07, 6.45) is 9.83. The van der Waals surface area contributed by atoms with E-state index in [4.69, 9.17) is 5.11 Å². The molecule has 0 aromatic heterocycles. The van der Waals surface area contributed by atoms with Gasteiger partial charge in [0.1, 0.15) is 0 Å². The molecule has 2 aliphatic rings. The molecule has 0 aromatic rings.